The maximum atomic E-state index is 12.0. The van der Waals surface area contributed by atoms with Gasteiger partial charge < -0.3 is 5.32 Å². The summed E-state index contributed by atoms with van der Waals surface area (Å²) >= 11 is 0. The first kappa shape index (κ1) is 13.3. The van der Waals surface area contributed by atoms with Crippen LogP contribution in [0.3, 0.4) is 0 Å². The number of halogens is 3. The highest BCUT2D eigenvalue weighted by Gasteiger charge is 2.40. The summed E-state index contributed by atoms with van der Waals surface area (Å²) in [5.41, 5.74) is 0.0934. The Morgan fingerprint density at radius 3 is 2.38 bits per heavy atom. The molecule has 0 heterocycles. The number of alkyl halides is 3. The zero-order chi connectivity index (χ0) is 12.6. The Bertz CT molecular complexity index is 273. The van der Waals surface area contributed by atoms with E-state index in [1.807, 2.05) is 6.92 Å². The second-order valence-electron chi connectivity index (χ2n) is 5.28. The molecule has 5 heteroatoms. The van der Waals surface area contributed by atoms with Gasteiger partial charge in [-0.2, -0.15) is 13.2 Å². The molecule has 2 atom stereocenters. The van der Waals surface area contributed by atoms with Gasteiger partial charge in [-0.05, 0) is 24.2 Å². The average molecular weight is 237 g/mol. The third kappa shape index (κ3) is 3.39. The summed E-state index contributed by atoms with van der Waals surface area (Å²) in [6, 6.07) is -0.121. The minimum absolute atomic E-state index is 0.0934. The summed E-state index contributed by atoms with van der Waals surface area (Å²) in [5.74, 6) is -0.702. The molecule has 1 aliphatic carbocycles. The predicted molar refractivity (Wildman–Crippen MR) is 54.8 cm³/mol. The Balaban J connectivity index is 2.48. The maximum Gasteiger partial charge on any atom is 0.397 e. The fraction of sp³-hybridized carbons (Fsp3) is 0.909. The lowest BCUT2D eigenvalue weighted by Gasteiger charge is -2.27. The monoisotopic (exact) mass is 237 g/mol. The highest BCUT2D eigenvalue weighted by atomic mass is 19.4. The molecule has 1 amide bonds. The Morgan fingerprint density at radius 2 is 2.00 bits per heavy atom. The molecule has 2 nitrogen and oxygen atoms in total. The van der Waals surface area contributed by atoms with Gasteiger partial charge in [0.25, 0.3) is 0 Å². The van der Waals surface area contributed by atoms with Gasteiger partial charge in [0.15, 0.2) is 0 Å². The molecule has 1 fully saturated rings. The molecule has 0 aromatic rings. The van der Waals surface area contributed by atoms with Crippen molar-refractivity contribution >= 4 is 5.91 Å². The normalized spacial score (nSPS) is 29.1. The van der Waals surface area contributed by atoms with Crippen LogP contribution in [0.25, 0.3) is 0 Å². The maximum absolute atomic E-state index is 12.0. The van der Waals surface area contributed by atoms with Crippen molar-refractivity contribution in [2.75, 3.05) is 0 Å². The van der Waals surface area contributed by atoms with Crippen molar-refractivity contribution in [3.63, 3.8) is 0 Å². The molecular formula is C11H18F3NO. The molecule has 0 aromatic heterocycles. The summed E-state index contributed by atoms with van der Waals surface area (Å²) in [5, 5.41) is 2.48. The lowest BCUT2D eigenvalue weighted by atomic mass is 9.82. The van der Waals surface area contributed by atoms with Crippen molar-refractivity contribution in [1.82, 2.24) is 5.32 Å². The smallest absolute Gasteiger partial charge is 0.353 e. The molecule has 0 bridgehead atoms. The van der Waals surface area contributed by atoms with Crippen LogP contribution in [0.4, 0.5) is 13.2 Å². The van der Waals surface area contributed by atoms with E-state index in [-0.39, 0.29) is 17.4 Å². The standard InChI is InChI=1S/C11H18F3NO/c1-7-8(4-5-10(7,2)3)15-9(16)6-11(12,13)14/h7-8H,4-6H2,1-3H3,(H,15,16). The molecule has 0 aliphatic heterocycles. The van der Waals surface area contributed by atoms with Crippen LogP contribution in [-0.4, -0.2) is 18.1 Å². The molecule has 0 saturated heterocycles. The van der Waals surface area contributed by atoms with Gasteiger partial charge in [0.1, 0.15) is 6.42 Å². The third-order valence-corrected chi connectivity index (χ3v) is 3.64. The van der Waals surface area contributed by atoms with E-state index in [9.17, 15) is 18.0 Å². The van der Waals surface area contributed by atoms with Gasteiger partial charge in [-0.15, -0.1) is 0 Å². The minimum Gasteiger partial charge on any atom is -0.353 e. The number of hydrogen-bond acceptors (Lipinski definition) is 1. The van der Waals surface area contributed by atoms with Crippen molar-refractivity contribution in [3.05, 3.63) is 0 Å². The average Bonchev–Trinajstić information content (AvgIpc) is 2.28. The quantitative estimate of drug-likeness (QED) is 0.786. The lowest BCUT2D eigenvalue weighted by molar-refractivity contribution is -0.154. The predicted octanol–water partition coefficient (Wildman–Crippen LogP) is 2.88. The van der Waals surface area contributed by atoms with E-state index in [0.717, 1.165) is 12.8 Å². The van der Waals surface area contributed by atoms with Crippen LogP contribution in [0.5, 0.6) is 0 Å². The Morgan fingerprint density at radius 1 is 1.44 bits per heavy atom. The largest absolute Gasteiger partial charge is 0.397 e. The molecule has 1 aliphatic rings. The van der Waals surface area contributed by atoms with Crippen LogP contribution < -0.4 is 5.32 Å². The number of nitrogens with one attached hydrogen (secondary N) is 1. The van der Waals surface area contributed by atoms with Gasteiger partial charge in [0, 0.05) is 6.04 Å². The van der Waals surface area contributed by atoms with Gasteiger partial charge in [-0.25, -0.2) is 0 Å². The molecule has 1 saturated carbocycles. The minimum atomic E-state index is -4.42. The lowest BCUT2D eigenvalue weighted by Crippen LogP contribution is -2.40. The molecule has 16 heavy (non-hydrogen) atoms. The van der Waals surface area contributed by atoms with E-state index in [1.54, 1.807) is 0 Å². The van der Waals surface area contributed by atoms with Crippen LogP contribution in [-0.2, 0) is 4.79 Å². The zero-order valence-corrected chi connectivity index (χ0v) is 9.82. The second-order valence-corrected chi connectivity index (χ2v) is 5.28. The molecule has 0 radical (unpaired) electrons. The van der Waals surface area contributed by atoms with Gasteiger partial charge in [-0.3, -0.25) is 4.79 Å². The summed E-state index contributed by atoms with van der Waals surface area (Å²) in [7, 11) is 0. The van der Waals surface area contributed by atoms with Gasteiger partial charge in [0.05, 0.1) is 0 Å². The van der Waals surface area contributed by atoms with E-state index < -0.39 is 18.5 Å². The molecule has 0 aromatic carbocycles. The first-order valence-electron chi connectivity index (χ1n) is 5.48. The topological polar surface area (TPSA) is 29.1 Å². The fourth-order valence-electron chi connectivity index (χ4n) is 2.19. The van der Waals surface area contributed by atoms with Crippen molar-refractivity contribution in [2.24, 2.45) is 11.3 Å². The van der Waals surface area contributed by atoms with E-state index in [2.05, 4.69) is 19.2 Å². The zero-order valence-electron chi connectivity index (χ0n) is 9.82. The molecule has 1 rings (SSSR count). The summed E-state index contributed by atoms with van der Waals surface area (Å²) < 4.78 is 35.9. The molecule has 0 spiro atoms. The number of rotatable bonds is 2. The van der Waals surface area contributed by atoms with E-state index >= 15 is 0 Å². The van der Waals surface area contributed by atoms with Crippen LogP contribution in [0, 0.1) is 11.3 Å². The summed E-state index contributed by atoms with van der Waals surface area (Å²) in [6.07, 6.45) is -4.10. The van der Waals surface area contributed by atoms with Gasteiger partial charge >= 0.3 is 6.18 Å². The molecule has 1 N–H and O–H groups in total. The number of amides is 1. The Labute approximate surface area is 93.6 Å². The first-order valence-corrected chi connectivity index (χ1v) is 5.48. The summed E-state index contributed by atoms with van der Waals surface area (Å²) in [6.45, 7) is 6.13. The second kappa shape index (κ2) is 4.26. The van der Waals surface area contributed by atoms with Gasteiger partial charge in [0.2, 0.25) is 5.91 Å². The number of carbonyl (C=O) groups is 1. The Kier molecular flexibility index (Phi) is 3.55. The van der Waals surface area contributed by atoms with E-state index in [0.29, 0.717) is 0 Å². The molecular weight excluding hydrogens is 219 g/mol. The highest BCUT2D eigenvalue weighted by molar-refractivity contribution is 5.77. The molecule has 2 unspecified atom stereocenters. The molecule has 94 valence electrons. The van der Waals surface area contributed by atoms with Crippen LogP contribution >= 0.6 is 0 Å². The van der Waals surface area contributed by atoms with Gasteiger partial charge in [-0.1, -0.05) is 20.8 Å². The van der Waals surface area contributed by atoms with Crippen LogP contribution in [0.15, 0.2) is 0 Å². The van der Waals surface area contributed by atoms with Crippen molar-refractivity contribution < 1.29 is 18.0 Å². The van der Waals surface area contributed by atoms with E-state index in [1.165, 1.54) is 0 Å². The summed E-state index contributed by atoms with van der Waals surface area (Å²) in [4.78, 5) is 11.1. The SMILES string of the molecule is CC1C(NC(=O)CC(F)(F)F)CCC1(C)C. The number of carbonyl (C=O) groups excluding carboxylic acids is 1. The van der Waals surface area contributed by atoms with Crippen LogP contribution in [0.2, 0.25) is 0 Å². The third-order valence-electron chi connectivity index (χ3n) is 3.64. The number of hydrogen-bond donors (Lipinski definition) is 1. The fourth-order valence-corrected chi connectivity index (χ4v) is 2.19. The van der Waals surface area contributed by atoms with Crippen molar-refractivity contribution in [1.29, 1.82) is 0 Å². The highest BCUT2D eigenvalue weighted by Crippen LogP contribution is 2.42. The van der Waals surface area contributed by atoms with E-state index in [4.69, 9.17) is 0 Å². The van der Waals surface area contributed by atoms with Crippen molar-refractivity contribution in [3.8, 4) is 0 Å². The van der Waals surface area contributed by atoms with Crippen molar-refractivity contribution in [2.45, 2.75) is 52.3 Å². The Hall–Kier alpha value is -0.740. The first-order chi connectivity index (χ1) is 7.12. The van der Waals surface area contributed by atoms with Crippen LogP contribution in [0.1, 0.15) is 40.0 Å².